The monoisotopic (exact) mass is 420 g/mol. The summed E-state index contributed by atoms with van der Waals surface area (Å²) in [7, 11) is 0. The third-order valence-corrected chi connectivity index (χ3v) is 5.51. The third kappa shape index (κ3) is 3.16. The Labute approximate surface area is 176 Å². The number of anilines is 1. The van der Waals surface area contributed by atoms with E-state index in [9.17, 15) is 9.90 Å². The minimum absolute atomic E-state index is 0.217. The average molecular weight is 421 g/mol. The first-order chi connectivity index (χ1) is 14.6. The van der Waals surface area contributed by atoms with E-state index >= 15 is 0 Å². The fraction of sp³-hybridized carbons (Fsp3) is 0.143. The summed E-state index contributed by atoms with van der Waals surface area (Å²) in [6, 6.07) is 12.1. The zero-order chi connectivity index (χ0) is 20.7. The summed E-state index contributed by atoms with van der Waals surface area (Å²) in [6.45, 7) is 0.124. The standard InChI is InChI=1S/C21H17ClN6O2/c22-15-3-1-2-12(6-15)19(11-29)28-10-14-7-16-18(8-17(14)25-21(28)30)26-27-20(16)13-4-5-23-24-9-13/h1-9,19,29H,10-11H2,(H,25,30)(H,26,27)/t19-/m1/s1. The Bertz CT molecular complexity index is 1240. The summed E-state index contributed by atoms with van der Waals surface area (Å²) in [6.07, 6.45) is 3.27. The van der Waals surface area contributed by atoms with Crippen molar-refractivity contribution in [2.75, 3.05) is 11.9 Å². The van der Waals surface area contributed by atoms with Gasteiger partial charge in [-0.05, 0) is 41.5 Å². The minimum Gasteiger partial charge on any atom is -0.394 e. The lowest BCUT2D eigenvalue weighted by molar-refractivity contribution is 0.135. The first-order valence-electron chi connectivity index (χ1n) is 9.36. The normalized spacial score (nSPS) is 14.5. The number of nitrogens with one attached hydrogen (secondary N) is 2. The molecule has 0 aliphatic carbocycles. The molecule has 0 bridgehead atoms. The van der Waals surface area contributed by atoms with Crippen LogP contribution in [0.4, 0.5) is 10.5 Å². The lowest BCUT2D eigenvalue weighted by Crippen LogP contribution is -2.42. The molecule has 4 aromatic rings. The van der Waals surface area contributed by atoms with Crippen LogP contribution >= 0.6 is 11.6 Å². The molecule has 2 aromatic carbocycles. The second-order valence-electron chi connectivity index (χ2n) is 7.07. The van der Waals surface area contributed by atoms with Crippen LogP contribution in [0.5, 0.6) is 0 Å². The molecule has 1 atom stereocenters. The Morgan fingerprint density at radius 3 is 2.87 bits per heavy atom. The molecule has 30 heavy (non-hydrogen) atoms. The number of hydrogen-bond acceptors (Lipinski definition) is 5. The highest BCUT2D eigenvalue weighted by Gasteiger charge is 2.30. The molecule has 150 valence electrons. The number of aromatic amines is 1. The molecular weight excluding hydrogens is 404 g/mol. The van der Waals surface area contributed by atoms with Crippen molar-refractivity contribution in [2.24, 2.45) is 0 Å². The van der Waals surface area contributed by atoms with Crippen LogP contribution in [0.25, 0.3) is 22.2 Å². The molecule has 3 N–H and O–H groups in total. The van der Waals surface area contributed by atoms with Crippen LogP contribution in [0.1, 0.15) is 17.2 Å². The summed E-state index contributed by atoms with van der Waals surface area (Å²) >= 11 is 6.11. The Kier molecular flexibility index (Phi) is 4.57. The van der Waals surface area contributed by atoms with E-state index in [1.165, 1.54) is 0 Å². The molecule has 5 rings (SSSR count). The van der Waals surface area contributed by atoms with Crippen molar-refractivity contribution in [1.82, 2.24) is 25.3 Å². The van der Waals surface area contributed by atoms with Crippen LogP contribution in [0.3, 0.4) is 0 Å². The van der Waals surface area contributed by atoms with Gasteiger partial charge in [-0.25, -0.2) is 4.79 Å². The van der Waals surface area contributed by atoms with Gasteiger partial charge in [0.25, 0.3) is 0 Å². The zero-order valence-electron chi connectivity index (χ0n) is 15.7. The Morgan fingerprint density at radius 2 is 2.10 bits per heavy atom. The first-order valence-corrected chi connectivity index (χ1v) is 9.74. The number of aliphatic hydroxyl groups is 1. The number of rotatable bonds is 4. The fourth-order valence-electron chi connectivity index (χ4n) is 3.80. The maximum absolute atomic E-state index is 12.8. The SMILES string of the molecule is O=C1Nc2cc3[nH]nc(-c4ccnnc4)c3cc2CN1[C@H](CO)c1cccc(Cl)c1. The number of carbonyl (C=O) groups excluding carboxylic acids is 1. The van der Waals surface area contributed by atoms with Crippen LogP contribution in [-0.2, 0) is 6.54 Å². The van der Waals surface area contributed by atoms with Crippen molar-refractivity contribution in [3.05, 3.63) is 71.0 Å². The van der Waals surface area contributed by atoms with Gasteiger partial charge in [0.2, 0.25) is 0 Å². The van der Waals surface area contributed by atoms with Gasteiger partial charge < -0.3 is 15.3 Å². The Morgan fingerprint density at radius 1 is 1.20 bits per heavy atom. The van der Waals surface area contributed by atoms with E-state index in [2.05, 4.69) is 25.7 Å². The lowest BCUT2D eigenvalue weighted by atomic mass is 10.0. The van der Waals surface area contributed by atoms with Crippen LogP contribution in [-0.4, -0.2) is 43.0 Å². The van der Waals surface area contributed by atoms with E-state index < -0.39 is 6.04 Å². The van der Waals surface area contributed by atoms with Gasteiger partial charge in [-0.1, -0.05) is 23.7 Å². The molecular formula is C21H17ClN6O2. The molecule has 0 fully saturated rings. The smallest absolute Gasteiger partial charge is 0.322 e. The van der Waals surface area contributed by atoms with Crippen molar-refractivity contribution in [3.63, 3.8) is 0 Å². The number of aliphatic hydroxyl groups excluding tert-OH is 1. The van der Waals surface area contributed by atoms with Gasteiger partial charge in [-0.2, -0.15) is 15.3 Å². The van der Waals surface area contributed by atoms with E-state index in [1.54, 1.807) is 35.5 Å². The summed E-state index contributed by atoms with van der Waals surface area (Å²) in [4.78, 5) is 14.4. The van der Waals surface area contributed by atoms with E-state index in [1.807, 2.05) is 24.3 Å². The maximum atomic E-state index is 12.8. The molecule has 3 heterocycles. The van der Waals surface area contributed by atoms with Crippen LogP contribution in [0.2, 0.25) is 5.02 Å². The number of nitrogens with zero attached hydrogens (tertiary/aromatic N) is 4. The lowest BCUT2D eigenvalue weighted by Gasteiger charge is -2.35. The number of aromatic nitrogens is 4. The number of benzene rings is 2. The van der Waals surface area contributed by atoms with Gasteiger partial charge in [0.05, 0.1) is 37.1 Å². The molecule has 0 saturated heterocycles. The Balaban J connectivity index is 1.55. The first kappa shape index (κ1) is 18.5. The highest BCUT2D eigenvalue weighted by atomic mass is 35.5. The number of fused-ring (bicyclic) bond motifs is 2. The van der Waals surface area contributed by atoms with Crippen molar-refractivity contribution in [3.8, 4) is 11.3 Å². The van der Waals surface area contributed by atoms with Gasteiger partial charge in [-0.3, -0.25) is 5.10 Å². The predicted molar refractivity (Wildman–Crippen MR) is 113 cm³/mol. The quantitative estimate of drug-likeness (QED) is 0.466. The number of amides is 2. The van der Waals surface area contributed by atoms with E-state index in [0.717, 1.165) is 39.0 Å². The van der Waals surface area contributed by atoms with E-state index in [0.29, 0.717) is 11.6 Å². The largest absolute Gasteiger partial charge is 0.394 e. The van der Waals surface area contributed by atoms with Gasteiger partial charge in [0, 0.05) is 21.7 Å². The van der Waals surface area contributed by atoms with Crippen molar-refractivity contribution in [2.45, 2.75) is 12.6 Å². The summed E-state index contributed by atoms with van der Waals surface area (Å²) in [5.74, 6) is 0. The molecule has 8 nitrogen and oxygen atoms in total. The molecule has 0 saturated carbocycles. The number of hydrogen-bond donors (Lipinski definition) is 3. The van der Waals surface area contributed by atoms with Crippen molar-refractivity contribution >= 4 is 34.2 Å². The molecule has 2 amide bonds. The molecule has 0 spiro atoms. The summed E-state index contributed by atoms with van der Waals surface area (Å²) in [5, 5.41) is 29.6. The van der Waals surface area contributed by atoms with Crippen molar-refractivity contribution in [1.29, 1.82) is 0 Å². The predicted octanol–water partition coefficient (Wildman–Crippen LogP) is 3.75. The topological polar surface area (TPSA) is 107 Å². The molecule has 0 unspecified atom stereocenters. The third-order valence-electron chi connectivity index (χ3n) is 5.27. The molecule has 2 aromatic heterocycles. The maximum Gasteiger partial charge on any atom is 0.322 e. The Hall–Kier alpha value is -3.49. The number of urea groups is 1. The summed E-state index contributed by atoms with van der Waals surface area (Å²) in [5.41, 5.74) is 4.83. The second kappa shape index (κ2) is 7.40. The number of halogens is 1. The average Bonchev–Trinajstić information content (AvgIpc) is 3.16. The highest BCUT2D eigenvalue weighted by Crippen LogP contribution is 2.35. The van der Waals surface area contributed by atoms with Crippen LogP contribution in [0, 0.1) is 0 Å². The molecule has 1 aliphatic rings. The van der Waals surface area contributed by atoms with E-state index in [-0.39, 0.29) is 12.6 Å². The molecule has 9 heteroatoms. The van der Waals surface area contributed by atoms with Gasteiger partial charge in [0.15, 0.2) is 0 Å². The zero-order valence-corrected chi connectivity index (χ0v) is 16.5. The van der Waals surface area contributed by atoms with Gasteiger partial charge in [-0.15, -0.1) is 0 Å². The molecule has 0 radical (unpaired) electrons. The summed E-state index contributed by atoms with van der Waals surface area (Å²) < 4.78 is 0. The fourth-order valence-corrected chi connectivity index (χ4v) is 4.00. The van der Waals surface area contributed by atoms with Crippen LogP contribution < -0.4 is 5.32 Å². The highest BCUT2D eigenvalue weighted by molar-refractivity contribution is 6.30. The van der Waals surface area contributed by atoms with E-state index in [4.69, 9.17) is 11.6 Å². The van der Waals surface area contributed by atoms with Crippen LogP contribution in [0.15, 0.2) is 54.9 Å². The number of carbonyl (C=O) groups is 1. The second-order valence-corrected chi connectivity index (χ2v) is 7.51. The van der Waals surface area contributed by atoms with Crippen molar-refractivity contribution < 1.29 is 9.90 Å². The number of H-pyrrole nitrogens is 1. The minimum atomic E-state index is -0.513. The molecule has 1 aliphatic heterocycles. The van der Waals surface area contributed by atoms with Gasteiger partial charge >= 0.3 is 6.03 Å². The van der Waals surface area contributed by atoms with Gasteiger partial charge in [0.1, 0.15) is 5.69 Å².